The largest absolute Gasteiger partial charge is 0.445 e. The topological polar surface area (TPSA) is 229 Å². The summed E-state index contributed by atoms with van der Waals surface area (Å²) >= 11 is 0. The van der Waals surface area contributed by atoms with Crippen LogP contribution in [0.1, 0.15) is 67.4 Å². The number of benzene rings is 3. The second kappa shape index (κ2) is 22.7. The van der Waals surface area contributed by atoms with E-state index in [9.17, 15) is 33.6 Å². The maximum absolute atomic E-state index is 14.0. The first-order chi connectivity index (χ1) is 26.3. The monoisotopic (exact) mass is 754 g/mol. The summed E-state index contributed by atoms with van der Waals surface area (Å²) in [4.78, 5) is 90.4. The van der Waals surface area contributed by atoms with Crippen LogP contribution in [-0.4, -0.2) is 65.6 Å². The fraction of sp³-hybridized carbons (Fsp3) is 0.341. The van der Waals surface area contributed by atoms with Crippen molar-refractivity contribution in [1.82, 2.24) is 21.3 Å². The molecular weight excluding hydrogens is 704 g/mol. The Kier molecular flexibility index (Phi) is 17.8. The summed E-state index contributed by atoms with van der Waals surface area (Å²) in [5, 5.41) is 10.7. The molecule has 3 rings (SSSR count). The van der Waals surface area contributed by atoms with Gasteiger partial charge in [-0.15, -0.1) is 0 Å². The van der Waals surface area contributed by atoms with Crippen molar-refractivity contribution in [3.63, 3.8) is 0 Å². The lowest BCUT2D eigenvalue weighted by Gasteiger charge is -2.26. The molecule has 292 valence electrons. The Morgan fingerprint density at radius 2 is 1.13 bits per heavy atom. The van der Waals surface area contributed by atoms with Crippen molar-refractivity contribution < 1.29 is 38.3 Å². The van der Waals surface area contributed by atoms with Crippen molar-refractivity contribution in [2.75, 3.05) is 0 Å². The highest BCUT2D eigenvalue weighted by molar-refractivity contribution is 6.04. The number of nitrogens with one attached hydrogen (secondary N) is 4. The summed E-state index contributed by atoms with van der Waals surface area (Å²) in [7, 11) is 0. The zero-order chi connectivity index (χ0) is 40.2. The van der Waals surface area contributed by atoms with Crippen LogP contribution < -0.4 is 32.7 Å². The molecule has 0 saturated heterocycles. The maximum atomic E-state index is 14.0. The lowest BCUT2D eigenvalue weighted by Crippen LogP contribution is -2.58. The Balaban J connectivity index is 1.82. The first-order valence-corrected chi connectivity index (χ1v) is 18.1. The van der Waals surface area contributed by atoms with Crippen LogP contribution in [0.15, 0.2) is 103 Å². The molecule has 0 saturated carbocycles. The first-order valence-electron chi connectivity index (χ1n) is 18.1. The van der Waals surface area contributed by atoms with Gasteiger partial charge in [0.05, 0.1) is 0 Å². The van der Waals surface area contributed by atoms with Crippen LogP contribution >= 0.6 is 0 Å². The van der Waals surface area contributed by atoms with Crippen LogP contribution in [0, 0.1) is 5.92 Å². The van der Waals surface area contributed by atoms with Crippen LogP contribution in [-0.2, 0) is 41.7 Å². The van der Waals surface area contributed by atoms with Crippen LogP contribution in [0.2, 0.25) is 0 Å². The zero-order valence-corrected chi connectivity index (χ0v) is 31.1. The minimum Gasteiger partial charge on any atom is -0.445 e. The van der Waals surface area contributed by atoms with Crippen molar-refractivity contribution in [3.05, 3.63) is 120 Å². The van der Waals surface area contributed by atoms with Gasteiger partial charge in [0.15, 0.2) is 5.78 Å². The Hall–Kier alpha value is -6.31. The zero-order valence-electron chi connectivity index (χ0n) is 31.1. The number of hydrogen-bond donors (Lipinski definition) is 6. The van der Waals surface area contributed by atoms with E-state index in [0.29, 0.717) is 11.1 Å². The van der Waals surface area contributed by atoms with E-state index in [-0.39, 0.29) is 56.8 Å². The Bertz CT molecular complexity index is 1770. The Morgan fingerprint density at radius 1 is 0.618 bits per heavy atom. The molecule has 55 heavy (non-hydrogen) atoms. The van der Waals surface area contributed by atoms with Gasteiger partial charge >= 0.3 is 6.09 Å². The smallest absolute Gasteiger partial charge is 0.408 e. The molecule has 0 spiro atoms. The molecule has 14 nitrogen and oxygen atoms in total. The summed E-state index contributed by atoms with van der Waals surface area (Å²) in [5.74, 6) is -3.86. The van der Waals surface area contributed by atoms with E-state index in [1.807, 2.05) is 19.9 Å². The molecule has 0 bridgehead atoms. The Labute approximate surface area is 320 Å². The number of ketones is 1. The molecule has 0 aliphatic heterocycles. The van der Waals surface area contributed by atoms with Gasteiger partial charge in [-0.25, -0.2) is 4.79 Å². The molecular formula is C41H50N6O8. The standard InChI is InChI=1S/C41H50N6O8/c1-27(2)24-33(47-41(54)55-26-29-14-8-4-9-15-29)39(52)46-34(25-28-12-6-3-7-13-28)40(53)45-32(20-23-37(43)50)38(51)44-31(19-22-36(42)49)18-21-35(48)30-16-10-5-11-17-30/h3-18,21,27,31-34H,19-20,22-26H2,1-2H3,(H2,42,49)(H2,43,50)(H,44,51)(H,45,53)(H,46,52)(H,47,54)/b21-18+/t31-,32+,33+,34+/m1/s1. The van der Waals surface area contributed by atoms with Crippen molar-refractivity contribution in [1.29, 1.82) is 0 Å². The number of primary amides is 2. The quantitative estimate of drug-likeness (QED) is 0.0658. The molecule has 0 aliphatic rings. The summed E-state index contributed by atoms with van der Waals surface area (Å²) in [6.45, 7) is 3.73. The third-order valence-electron chi connectivity index (χ3n) is 8.32. The van der Waals surface area contributed by atoms with Gasteiger partial charge < -0.3 is 37.5 Å². The van der Waals surface area contributed by atoms with Crippen LogP contribution in [0.3, 0.4) is 0 Å². The summed E-state index contributed by atoms with van der Waals surface area (Å²) in [6.07, 6.45) is 1.57. The molecule has 0 aliphatic carbocycles. The number of rotatable bonds is 22. The number of ether oxygens (including phenoxy) is 1. The molecule has 6 amide bonds. The van der Waals surface area contributed by atoms with E-state index >= 15 is 0 Å². The molecule has 14 heteroatoms. The van der Waals surface area contributed by atoms with E-state index in [4.69, 9.17) is 16.2 Å². The van der Waals surface area contributed by atoms with Gasteiger partial charge in [0.1, 0.15) is 24.7 Å². The summed E-state index contributed by atoms with van der Waals surface area (Å²) < 4.78 is 5.34. The minimum atomic E-state index is -1.32. The van der Waals surface area contributed by atoms with Gasteiger partial charge in [0.2, 0.25) is 29.5 Å². The van der Waals surface area contributed by atoms with E-state index in [1.165, 1.54) is 12.2 Å². The van der Waals surface area contributed by atoms with Gasteiger partial charge in [-0.2, -0.15) is 0 Å². The fourth-order valence-electron chi connectivity index (χ4n) is 5.47. The molecule has 4 atom stereocenters. The SMILES string of the molecule is CC(C)C[C@H](NC(=O)OCc1ccccc1)C(=O)N[C@@H](Cc1ccccc1)C(=O)N[C@@H](CCC(N)=O)C(=O)N[C@H](/C=C/C(=O)c1ccccc1)CCC(N)=O. The predicted molar refractivity (Wildman–Crippen MR) is 206 cm³/mol. The third-order valence-corrected chi connectivity index (χ3v) is 8.32. The van der Waals surface area contributed by atoms with Gasteiger partial charge in [-0.1, -0.05) is 111 Å². The maximum Gasteiger partial charge on any atom is 0.408 e. The van der Waals surface area contributed by atoms with E-state index < -0.39 is 59.8 Å². The minimum absolute atomic E-state index is 0.0149. The number of nitrogens with two attached hydrogens (primary N) is 2. The molecule has 8 N–H and O–H groups in total. The predicted octanol–water partition coefficient (Wildman–Crippen LogP) is 2.99. The molecule has 0 radical (unpaired) electrons. The molecule has 0 aromatic heterocycles. The van der Waals surface area contributed by atoms with Crippen molar-refractivity contribution in [3.8, 4) is 0 Å². The fourth-order valence-corrected chi connectivity index (χ4v) is 5.47. The van der Waals surface area contributed by atoms with Gasteiger partial charge in [0.25, 0.3) is 0 Å². The van der Waals surface area contributed by atoms with Gasteiger partial charge in [-0.05, 0) is 42.4 Å². The first kappa shape index (κ1) is 43.1. The molecule has 0 heterocycles. The molecule has 0 unspecified atom stereocenters. The second-order valence-corrected chi connectivity index (χ2v) is 13.4. The number of carbonyl (C=O) groups excluding carboxylic acids is 7. The van der Waals surface area contributed by atoms with Gasteiger partial charge in [-0.3, -0.25) is 28.8 Å². The van der Waals surface area contributed by atoms with Crippen molar-refractivity contribution in [2.24, 2.45) is 17.4 Å². The Morgan fingerprint density at radius 3 is 1.71 bits per heavy atom. The van der Waals surface area contributed by atoms with Crippen molar-refractivity contribution in [2.45, 2.75) is 83.1 Å². The highest BCUT2D eigenvalue weighted by atomic mass is 16.5. The lowest BCUT2D eigenvalue weighted by atomic mass is 10.0. The number of carbonyl (C=O) groups is 7. The van der Waals surface area contributed by atoms with E-state index in [2.05, 4.69) is 21.3 Å². The summed E-state index contributed by atoms with van der Waals surface area (Å²) in [5.41, 5.74) is 12.6. The third kappa shape index (κ3) is 16.5. The normalized spacial score (nSPS) is 13.1. The molecule has 3 aromatic carbocycles. The highest BCUT2D eigenvalue weighted by Gasteiger charge is 2.31. The number of amides is 6. The highest BCUT2D eigenvalue weighted by Crippen LogP contribution is 2.11. The van der Waals surface area contributed by atoms with E-state index in [0.717, 1.165) is 5.56 Å². The second-order valence-electron chi connectivity index (χ2n) is 13.4. The van der Waals surface area contributed by atoms with Crippen LogP contribution in [0.4, 0.5) is 4.79 Å². The van der Waals surface area contributed by atoms with E-state index in [1.54, 1.807) is 84.9 Å². The average Bonchev–Trinajstić information content (AvgIpc) is 3.16. The molecule has 0 fully saturated rings. The number of allylic oxidation sites excluding steroid dienone is 1. The lowest BCUT2D eigenvalue weighted by molar-refractivity contribution is -0.133. The number of hydrogen-bond acceptors (Lipinski definition) is 8. The number of alkyl carbamates (subject to hydrolysis) is 1. The summed E-state index contributed by atoms with van der Waals surface area (Å²) in [6, 6.07) is 21.8. The van der Waals surface area contributed by atoms with Gasteiger partial charge in [0, 0.05) is 30.9 Å². The average molecular weight is 755 g/mol. The van der Waals surface area contributed by atoms with Crippen molar-refractivity contribution >= 4 is 41.4 Å². The van der Waals surface area contributed by atoms with Crippen LogP contribution in [0.5, 0.6) is 0 Å². The van der Waals surface area contributed by atoms with Crippen LogP contribution in [0.25, 0.3) is 0 Å². The molecule has 3 aromatic rings.